The van der Waals surface area contributed by atoms with Crippen LogP contribution in [0.25, 0.3) is 5.65 Å². The van der Waals surface area contributed by atoms with Gasteiger partial charge in [-0.2, -0.15) is 0 Å². The van der Waals surface area contributed by atoms with Crippen LogP contribution in [-0.4, -0.2) is 58.8 Å². The zero-order chi connectivity index (χ0) is 26.8. The summed E-state index contributed by atoms with van der Waals surface area (Å²) in [7, 11) is 1.60. The number of amides is 1. The van der Waals surface area contributed by atoms with Crippen LogP contribution in [0, 0.1) is 0 Å². The molecule has 3 heterocycles. The van der Waals surface area contributed by atoms with Crippen molar-refractivity contribution >= 4 is 51.9 Å². The number of nitrogens with one attached hydrogen (secondary N) is 2. The molecular weight excluding hydrogens is 527 g/mol. The lowest BCUT2D eigenvalue weighted by Gasteiger charge is -2.30. The van der Waals surface area contributed by atoms with E-state index in [0.717, 1.165) is 31.9 Å². The summed E-state index contributed by atoms with van der Waals surface area (Å²) < 4.78 is 7.44. The number of aromatic nitrogens is 4. The van der Waals surface area contributed by atoms with E-state index in [4.69, 9.17) is 38.7 Å². The number of hydrogen-bond acceptors (Lipinski definition) is 8. The van der Waals surface area contributed by atoms with Gasteiger partial charge in [0.05, 0.1) is 12.8 Å². The fraction of sp³-hybridized carbons (Fsp3) is 0.308. The van der Waals surface area contributed by atoms with Crippen LogP contribution < -0.4 is 26.0 Å². The predicted octanol–water partition coefficient (Wildman–Crippen LogP) is 3.85. The van der Waals surface area contributed by atoms with Crippen molar-refractivity contribution in [1.29, 1.82) is 0 Å². The first-order valence-corrected chi connectivity index (χ1v) is 13.1. The van der Waals surface area contributed by atoms with Gasteiger partial charge >= 0.3 is 0 Å². The minimum Gasteiger partial charge on any atom is -0.494 e. The Labute approximate surface area is 230 Å². The number of benzene rings is 2. The molecule has 12 heteroatoms. The SMILES string of the molecule is CCc1nnc2c(C(N)=O)c(Nc3ccc(N4CCNCC4)cc3OC)nc(Cc3c(Cl)cccc3Cl)n12. The number of aryl methyl sites for hydroxylation is 1. The van der Waals surface area contributed by atoms with E-state index >= 15 is 0 Å². The summed E-state index contributed by atoms with van der Waals surface area (Å²) in [6, 6.07) is 11.2. The van der Waals surface area contributed by atoms with Crippen molar-refractivity contribution < 1.29 is 9.53 Å². The fourth-order valence-electron chi connectivity index (χ4n) is 4.65. The van der Waals surface area contributed by atoms with Crippen LogP contribution in [0.4, 0.5) is 17.2 Å². The van der Waals surface area contributed by atoms with Crippen molar-refractivity contribution in [2.75, 3.05) is 43.5 Å². The van der Waals surface area contributed by atoms with Gasteiger partial charge in [-0.3, -0.25) is 9.20 Å². The number of halogens is 2. The standard InChI is InChI=1S/C26H28Cl2N8O2/c1-3-21-33-34-26-23(24(29)37)25(32-22(36(21)26)14-16-17(27)5-4-6-18(16)28)31-19-8-7-15(13-20(19)38-2)35-11-9-30-10-12-35/h4-8,13,30-31H,3,9-12,14H2,1-2H3,(H2,29,37). The highest BCUT2D eigenvalue weighted by molar-refractivity contribution is 6.36. The minimum absolute atomic E-state index is 0.124. The third-order valence-corrected chi connectivity index (χ3v) is 7.28. The fourth-order valence-corrected chi connectivity index (χ4v) is 5.18. The van der Waals surface area contributed by atoms with E-state index in [0.29, 0.717) is 50.8 Å². The van der Waals surface area contributed by atoms with Gasteiger partial charge in [-0.1, -0.05) is 36.2 Å². The number of rotatable bonds is 8. The highest BCUT2D eigenvalue weighted by Gasteiger charge is 2.24. The third-order valence-electron chi connectivity index (χ3n) is 6.57. The maximum absolute atomic E-state index is 12.7. The molecule has 0 atom stereocenters. The van der Waals surface area contributed by atoms with E-state index in [1.54, 1.807) is 29.7 Å². The second-order valence-corrected chi connectivity index (χ2v) is 9.68. The molecule has 0 spiro atoms. The topological polar surface area (TPSA) is 123 Å². The van der Waals surface area contributed by atoms with Gasteiger partial charge in [0.15, 0.2) is 5.65 Å². The Hall–Kier alpha value is -3.60. The van der Waals surface area contributed by atoms with Gasteiger partial charge < -0.3 is 26.0 Å². The predicted molar refractivity (Wildman–Crippen MR) is 149 cm³/mol. The number of primary amides is 1. The van der Waals surface area contributed by atoms with Gasteiger partial charge in [-0.05, 0) is 29.8 Å². The van der Waals surface area contributed by atoms with Gasteiger partial charge in [0.1, 0.15) is 28.8 Å². The third kappa shape index (κ3) is 4.94. The molecule has 0 aliphatic carbocycles. The average molecular weight is 555 g/mol. The highest BCUT2D eigenvalue weighted by Crippen LogP contribution is 2.34. The second kappa shape index (κ2) is 11.0. The molecule has 4 N–H and O–H groups in total. The number of ether oxygens (including phenoxy) is 1. The first kappa shape index (κ1) is 26.0. The summed E-state index contributed by atoms with van der Waals surface area (Å²) in [6.45, 7) is 5.60. The molecule has 38 heavy (non-hydrogen) atoms. The first-order chi connectivity index (χ1) is 18.4. The molecule has 1 aliphatic heterocycles. The Morgan fingerprint density at radius 2 is 1.87 bits per heavy atom. The van der Waals surface area contributed by atoms with Gasteiger partial charge in [-0.15, -0.1) is 10.2 Å². The number of nitrogens with two attached hydrogens (primary N) is 1. The molecule has 4 aromatic rings. The Kier molecular flexibility index (Phi) is 7.55. The normalized spacial score (nSPS) is 13.6. The average Bonchev–Trinajstić information content (AvgIpc) is 3.35. The van der Waals surface area contributed by atoms with E-state index in [9.17, 15) is 4.79 Å². The largest absolute Gasteiger partial charge is 0.494 e. The molecule has 198 valence electrons. The Bertz CT molecular complexity index is 1480. The van der Waals surface area contributed by atoms with E-state index < -0.39 is 5.91 Å². The molecule has 2 aromatic heterocycles. The number of piperazine rings is 1. The number of hydrogen-bond donors (Lipinski definition) is 3. The minimum atomic E-state index is -0.682. The van der Waals surface area contributed by atoms with Crippen LogP contribution in [0.5, 0.6) is 5.75 Å². The van der Waals surface area contributed by atoms with Gasteiger partial charge in [0.2, 0.25) is 0 Å². The molecule has 1 amide bonds. The summed E-state index contributed by atoms with van der Waals surface area (Å²) in [4.78, 5) is 19.8. The van der Waals surface area contributed by atoms with Crippen LogP contribution >= 0.6 is 23.2 Å². The van der Waals surface area contributed by atoms with Crippen LogP contribution in [0.1, 0.15) is 34.5 Å². The summed E-state index contributed by atoms with van der Waals surface area (Å²) in [5.74, 6) is 1.35. The van der Waals surface area contributed by atoms with Crippen molar-refractivity contribution in [3.63, 3.8) is 0 Å². The smallest absolute Gasteiger partial charge is 0.256 e. The molecule has 2 aromatic carbocycles. The van der Waals surface area contributed by atoms with E-state index in [1.807, 2.05) is 25.1 Å². The lowest BCUT2D eigenvalue weighted by molar-refractivity contribution is 0.100. The first-order valence-electron chi connectivity index (χ1n) is 12.3. The number of anilines is 3. The maximum Gasteiger partial charge on any atom is 0.256 e. The quantitative estimate of drug-likeness (QED) is 0.300. The summed E-state index contributed by atoms with van der Waals surface area (Å²) >= 11 is 13.0. The van der Waals surface area contributed by atoms with Gasteiger partial charge in [0, 0.05) is 60.8 Å². The number of carbonyl (C=O) groups is 1. The van der Waals surface area contributed by atoms with Crippen molar-refractivity contribution in [3.8, 4) is 5.75 Å². The number of carbonyl (C=O) groups excluding carboxylic acids is 1. The van der Waals surface area contributed by atoms with Crippen molar-refractivity contribution in [3.05, 3.63) is 69.2 Å². The lowest BCUT2D eigenvalue weighted by atomic mass is 10.1. The Morgan fingerprint density at radius 1 is 1.13 bits per heavy atom. The van der Waals surface area contributed by atoms with Crippen molar-refractivity contribution in [2.45, 2.75) is 19.8 Å². The molecule has 0 saturated carbocycles. The van der Waals surface area contributed by atoms with Crippen LogP contribution in [-0.2, 0) is 12.8 Å². The second-order valence-electron chi connectivity index (χ2n) is 8.87. The van der Waals surface area contributed by atoms with Crippen LogP contribution in [0.2, 0.25) is 10.0 Å². The van der Waals surface area contributed by atoms with E-state index in [2.05, 4.69) is 25.7 Å². The molecule has 0 bridgehead atoms. The monoisotopic (exact) mass is 554 g/mol. The van der Waals surface area contributed by atoms with Crippen LogP contribution in [0.3, 0.4) is 0 Å². The zero-order valence-corrected chi connectivity index (χ0v) is 22.6. The molecule has 5 rings (SSSR count). The van der Waals surface area contributed by atoms with Crippen molar-refractivity contribution in [2.24, 2.45) is 5.73 Å². The number of nitrogens with zero attached hydrogens (tertiary/aromatic N) is 5. The maximum atomic E-state index is 12.7. The molecule has 10 nitrogen and oxygen atoms in total. The van der Waals surface area contributed by atoms with Crippen LogP contribution in [0.15, 0.2) is 36.4 Å². The summed E-state index contributed by atoms with van der Waals surface area (Å²) in [6.07, 6.45) is 0.852. The molecule has 1 fully saturated rings. The van der Waals surface area contributed by atoms with Gasteiger partial charge in [0.25, 0.3) is 5.91 Å². The Balaban J connectivity index is 1.62. The molecule has 1 aliphatic rings. The van der Waals surface area contributed by atoms with Crippen molar-refractivity contribution in [1.82, 2.24) is 24.9 Å². The summed E-state index contributed by atoms with van der Waals surface area (Å²) in [5.41, 5.74) is 8.65. The van der Waals surface area contributed by atoms with Gasteiger partial charge in [-0.25, -0.2) is 4.98 Å². The highest BCUT2D eigenvalue weighted by atomic mass is 35.5. The molecular formula is C26H28Cl2N8O2. The molecule has 0 radical (unpaired) electrons. The summed E-state index contributed by atoms with van der Waals surface area (Å²) in [5, 5.41) is 16.2. The zero-order valence-electron chi connectivity index (χ0n) is 21.1. The molecule has 1 saturated heterocycles. The number of methoxy groups -OCH3 is 1. The number of fused-ring (bicyclic) bond motifs is 1. The van der Waals surface area contributed by atoms with E-state index in [-0.39, 0.29) is 17.8 Å². The Morgan fingerprint density at radius 3 is 2.53 bits per heavy atom. The van der Waals surface area contributed by atoms with E-state index in [1.165, 1.54) is 0 Å². The molecule has 0 unspecified atom stereocenters. The lowest BCUT2D eigenvalue weighted by Crippen LogP contribution is -2.43.